The second kappa shape index (κ2) is 6.16. The maximum atomic E-state index is 4.42. The number of aromatic nitrogens is 2. The molecule has 0 unspecified atom stereocenters. The summed E-state index contributed by atoms with van der Waals surface area (Å²) in [4.78, 5) is 6.80. The number of hydrogen-bond donors (Lipinski definition) is 0. The summed E-state index contributed by atoms with van der Waals surface area (Å²) in [6, 6.07) is 0.587. The molecule has 1 aromatic rings. The normalized spacial score (nSPS) is 11.0. The lowest BCUT2D eigenvalue weighted by Gasteiger charge is -2.30. The molecule has 0 spiro atoms. The van der Waals surface area contributed by atoms with Gasteiger partial charge in [0, 0.05) is 37.4 Å². The number of rotatable bonds is 6. The van der Waals surface area contributed by atoms with Gasteiger partial charge in [-0.2, -0.15) is 0 Å². The van der Waals surface area contributed by atoms with E-state index in [9.17, 15) is 0 Å². The molecule has 0 bridgehead atoms. The van der Waals surface area contributed by atoms with Crippen molar-refractivity contribution in [1.29, 1.82) is 0 Å². The van der Waals surface area contributed by atoms with Gasteiger partial charge in [0.2, 0.25) is 5.95 Å². The first-order chi connectivity index (χ1) is 7.24. The van der Waals surface area contributed by atoms with E-state index in [1.54, 1.807) is 0 Å². The van der Waals surface area contributed by atoms with Gasteiger partial charge < -0.3 is 9.47 Å². The van der Waals surface area contributed by atoms with Crippen LogP contribution in [0.3, 0.4) is 0 Å². The fourth-order valence-corrected chi connectivity index (χ4v) is 2.28. The van der Waals surface area contributed by atoms with E-state index in [4.69, 9.17) is 0 Å². The maximum Gasteiger partial charge on any atom is 0.205 e. The Labute approximate surface area is 101 Å². The fourth-order valence-electron chi connectivity index (χ4n) is 1.90. The molecular weight excluding hydrogens is 254 g/mol. The van der Waals surface area contributed by atoms with Crippen molar-refractivity contribution >= 4 is 21.9 Å². The average molecular weight is 274 g/mol. The minimum absolute atomic E-state index is 0.587. The Balaban J connectivity index is 2.86. The Kier molecular flexibility index (Phi) is 5.15. The highest BCUT2D eigenvalue weighted by molar-refractivity contribution is 9.09. The number of imidazole rings is 1. The third-order valence-electron chi connectivity index (χ3n) is 2.76. The van der Waals surface area contributed by atoms with Gasteiger partial charge in [0.05, 0.1) is 0 Å². The topological polar surface area (TPSA) is 21.1 Å². The summed E-state index contributed by atoms with van der Waals surface area (Å²) < 4.78 is 2.08. The molecule has 86 valence electrons. The number of hydrogen-bond acceptors (Lipinski definition) is 2. The Morgan fingerprint density at radius 1 is 1.47 bits per heavy atom. The van der Waals surface area contributed by atoms with Gasteiger partial charge in [-0.05, 0) is 12.8 Å². The summed E-state index contributed by atoms with van der Waals surface area (Å²) >= 11 is 3.51. The van der Waals surface area contributed by atoms with Gasteiger partial charge in [0.1, 0.15) is 0 Å². The van der Waals surface area contributed by atoms with Crippen molar-refractivity contribution in [3.05, 3.63) is 12.4 Å². The zero-order valence-corrected chi connectivity index (χ0v) is 11.4. The van der Waals surface area contributed by atoms with E-state index in [0.717, 1.165) is 30.7 Å². The predicted octanol–water partition coefficient (Wildman–Crippen LogP) is 2.81. The lowest BCUT2D eigenvalue weighted by Crippen LogP contribution is -2.37. The number of aryl methyl sites for hydroxylation is 1. The molecule has 0 saturated carbocycles. The Morgan fingerprint density at radius 3 is 2.53 bits per heavy atom. The number of nitrogens with zero attached hydrogens (tertiary/aromatic N) is 3. The quantitative estimate of drug-likeness (QED) is 0.744. The molecule has 0 N–H and O–H groups in total. The molecule has 1 aromatic heterocycles. The Hall–Kier alpha value is -0.510. The first-order valence-corrected chi connectivity index (χ1v) is 6.66. The van der Waals surface area contributed by atoms with Gasteiger partial charge in [-0.3, -0.25) is 0 Å². The monoisotopic (exact) mass is 273 g/mol. The van der Waals surface area contributed by atoms with Crippen LogP contribution in [-0.2, 0) is 7.05 Å². The standard InChI is InChI=1S/C11H20BrN3/c1-4-10(5-2)15(8-6-12)11-13-7-9-14(11)3/h7,9-10H,4-6,8H2,1-3H3. The highest BCUT2D eigenvalue weighted by Crippen LogP contribution is 2.17. The van der Waals surface area contributed by atoms with Crippen molar-refractivity contribution in [1.82, 2.24) is 9.55 Å². The SMILES string of the molecule is CCC(CC)N(CCBr)c1nccn1C. The minimum atomic E-state index is 0.587. The molecule has 4 heteroatoms. The zero-order chi connectivity index (χ0) is 11.3. The van der Waals surface area contributed by atoms with Crippen molar-refractivity contribution in [3.8, 4) is 0 Å². The van der Waals surface area contributed by atoms with E-state index in [1.807, 2.05) is 19.4 Å². The molecule has 0 saturated heterocycles. The molecule has 1 rings (SSSR count). The third kappa shape index (κ3) is 2.97. The van der Waals surface area contributed by atoms with Crippen LogP contribution in [-0.4, -0.2) is 27.5 Å². The van der Waals surface area contributed by atoms with Gasteiger partial charge >= 0.3 is 0 Å². The van der Waals surface area contributed by atoms with Crippen LogP contribution >= 0.6 is 15.9 Å². The molecule has 0 aliphatic rings. The van der Waals surface area contributed by atoms with Crippen LogP contribution in [0.1, 0.15) is 26.7 Å². The van der Waals surface area contributed by atoms with Crippen LogP contribution in [0.5, 0.6) is 0 Å². The fraction of sp³-hybridized carbons (Fsp3) is 0.727. The summed E-state index contributed by atoms with van der Waals surface area (Å²) in [5.41, 5.74) is 0. The van der Waals surface area contributed by atoms with Gasteiger partial charge in [0.15, 0.2) is 0 Å². The van der Waals surface area contributed by atoms with Crippen molar-refractivity contribution < 1.29 is 0 Å². The Morgan fingerprint density at radius 2 is 2.13 bits per heavy atom. The number of halogens is 1. The second-order valence-corrected chi connectivity index (χ2v) is 4.48. The summed E-state index contributed by atoms with van der Waals surface area (Å²) in [5.74, 6) is 1.07. The van der Waals surface area contributed by atoms with E-state index in [-0.39, 0.29) is 0 Å². The molecule has 0 radical (unpaired) electrons. The third-order valence-corrected chi connectivity index (χ3v) is 3.12. The summed E-state index contributed by atoms with van der Waals surface area (Å²) in [6.45, 7) is 5.48. The molecule has 0 aliphatic carbocycles. The maximum absolute atomic E-state index is 4.42. The van der Waals surface area contributed by atoms with Crippen molar-refractivity contribution in [3.63, 3.8) is 0 Å². The van der Waals surface area contributed by atoms with Crippen molar-refractivity contribution in [2.24, 2.45) is 7.05 Å². The molecule has 0 amide bonds. The predicted molar refractivity (Wildman–Crippen MR) is 68.7 cm³/mol. The first kappa shape index (κ1) is 12.6. The van der Waals surface area contributed by atoms with Crippen LogP contribution in [0.25, 0.3) is 0 Å². The van der Waals surface area contributed by atoms with E-state index >= 15 is 0 Å². The Bertz CT molecular complexity index is 281. The first-order valence-electron chi connectivity index (χ1n) is 5.54. The van der Waals surface area contributed by atoms with Gasteiger partial charge in [0.25, 0.3) is 0 Å². The second-order valence-electron chi connectivity index (χ2n) is 3.69. The lowest BCUT2D eigenvalue weighted by atomic mass is 10.1. The lowest BCUT2D eigenvalue weighted by molar-refractivity contribution is 0.551. The molecular formula is C11H20BrN3. The average Bonchev–Trinajstić information content (AvgIpc) is 2.65. The van der Waals surface area contributed by atoms with Crippen LogP contribution in [0.2, 0.25) is 0 Å². The van der Waals surface area contributed by atoms with Crippen LogP contribution in [0, 0.1) is 0 Å². The minimum Gasteiger partial charge on any atom is -0.338 e. The van der Waals surface area contributed by atoms with Crippen molar-refractivity contribution in [2.75, 3.05) is 16.8 Å². The molecule has 0 aliphatic heterocycles. The molecule has 0 fully saturated rings. The number of anilines is 1. The van der Waals surface area contributed by atoms with Crippen molar-refractivity contribution in [2.45, 2.75) is 32.7 Å². The molecule has 3 nitrogen and oxygen atoms in total. The van der Waals surface area contributed by atoms with E-state index in [2.05, 4.69) is 44.2 Å². The highest BCUT2D eigenvalue weighted by Gasteiger charge is 2.18. The summed E-state index contributed by atoms with van der Waals surface area (Å²) in [6.07, 6.45) is 6.19. The van der Waals surface area contributed by atoms with Gasteiger partial charge in [-0.25, -0.2) is 4.98 Å². The summed E-state index contributed by atoms with van der Waals surface area (Å²) in [5, 5.41) is 0.982. The largest absolute Gasteiger partial charge is 0.338 e. The molecule has 0 atom stereocenters. The van der Waals surface area contributed by atoms with Crippen LogP contribution < -0.4 is 4.90 Å². The molecule has 1 heterocycles. The van der Waals surface area contributed by atoms with Gasteiger partial charge in [-0.15, -0.1) is 0 Å². The smallest absolute Gasteiger partial charge is 0.205 e. The van der Waals surface area contributed by atoms with Crippen LogP contribution in [0.15, 0.2) is 12.4 Å². The number of alkyl halides is 1. The summed E-state index contributed by atoms with van der Waals surface area (Å²) in [7, 11) is 2.05. The molecule has 0 aromatic carbocycles. The van der Waals surface area contributed by atoms with E-state index in [1.165, 1.54) is 0 Å². The molecule has 15 heavy (non-hydrogen) atoms. The van der Waals surface area contributed by atoms with Gasteiger partial charge in [-0.1, -0.05) is 29.8 Å². The highest BCUT2D eigenvalue weighted by atomic mass is 79.9. The zero-order valence-electron chi connectivity index (χ0n) is 9.78. The van der Waals surface area contributed by atoms with E-state index < -0.39 is 0 Å². The van der Waals surface area contributed by atoms with E-state index in [0.29, 0.717) is 6.04 Å². The van der Waals surface area contributed by atoms with Crippen LogP contribution in [0.4, 0.5) is 5.95 Å².